The van der Waals surface area contributed by atoms with Crippen LogP contribution in [0.5, 0.6) is 0 Å². The third-order valence-corrected chi connectivity index (χ3v) is 5.15. The van der Waals surface area contributed by atoms with E-state index >= 15 is 0 Å². The molecule has 2 nitrogen and oxygen atoms in total. The normalized spacial score (nSPS) is 17.3. The molecule has 0 radical (unpaired) electrons. The first-order chi connectivity index (χ1) is 12.5. The molecule has 2 aromatic rings. The fourth-order valence-corrected chi connectivity index (χ4v) is 3.64. The molecule has 2 aromatic carbocycles. The summed E-state index contributed by atoms with van der Waals surface area (Å²) in [7, 11) is 0. The van der Waals surface area contributed by atoms with Gasteiger partial charge in [-0.2, -0.15) is 13.2 Å². The van der Waals surface area contributed by atoms with Crippen molar-refractivity contribution in [3.63, 3.8) is 0 Å². The van der Waals surface area contributed by atoms with Gasteiger partial charge in [-0.1, -0.05) is 43.3 Å². The molecule has 0 N–H and O–H groups in total. The lowest BCUT2D eigenvalue weighted by atomic mass is 10.0. The SMILES string of the molecule is CCC(Cc1ccccc1)N1CCN(c2cccc(C(F)(F)F)c2)CC1. The van der Waals surface area contributed by atoms with E-state index in [9.17, 15) is 13.2 Å². The molecule has 1 saturated heterocycles. The van der Waals surface area contributed by atoms with Gasteiger partial charge in [0.25, 0.3) is 0 Å². The molecule has 0 bridgehead atoms. The topological polar surface area (TPSA) is 6.48 Å². The monoisotopic (exact) mass is 362 g/mol. The minimum atomic E-state index is -4.29. The van der Waals surface area contributed by atoms with Gasteiger partial charge in [-0.25, -0.2) is 0 Å². The molecule has 0 aromatic heterocycles. The van der Waals surface area contributed by atoms with Crippen LogP contribution in [-0.2, 0) is 12.6 Å². The van der Waals surface area contributed by atoms with Crippen LogP contribution < -0.4 is 4.90 Å². The van der Waals surface area contributed by atoms with Crippen LogP contribution in [0.1, 0.15) is 24.5 Å². The maximum atomic E-state index is 12.9. The van der Waals surface area contributed by atoms with Crippen molar-refractivity contribution in [1.29, 1.82) is 0 Å². The van der Waals surface area contributed by atoms with Crippen molar-refractivity contribution >= 4 is 5.69 Å². The molecule has 0 aliphatic carbocycles. The molecule has 1 fully saturated rings. The number of benzene rings is 2. The Kier molecular flexibility index (Phi) is 5.87. The summed E-state index contributed by atoms with van der Waals surface area (Å²) in [5.41, 5.74) is 1.42. The van der Waals surface area contributed by atoms with Crippen LogP contribution in [0.4, 0.5) is 18.9 Å². The van der Waals surface area contributed by atoms with Gasteiger partial charge < -0.3 is 4.90 Å². The fraction of sp³-hybridized carbons (Fsp3) is 0.429. The highest BCUT2D eigenvalue weighted by Gasteiger charge is 2.31. The lowest BCUT2D eigenvalue weighted by Gasteiger charge is -2.40. The van der Waals surface area contributed by atoms with Crippen LogP contribution in [0.3, 0.4) is 0 Å². The van der Waals surface area contributed by atoms with Gasteiger partial charge in [-0.15, -0.1) is 0 Å². The van der Waals surface area contributed by atoms with E-state index in [4.69, 9.17) is 0 Å². The molecule has 0 spiro atoms. The Bertz CT molecular complexity index is 692. The maximum absolute atomic E-state index is 12.9. The van der Waals surface area contributed by atoms with E-state index in [1.54, 1.807) is 6.07 Å². The Morgan fingerprint density at radius 1 is 0.923 bits per heavy atom. The number of anilines is 1. The first kappa shape index (κ1) is 18.8. The molecule has 1 unspecified atom stereocenters. The molecule has 1 aliphatic rings. The predicted molar refractivity (Wildman–Crippen MR) is 99.5 cm³/mol. The van der Waals surface area contributed by atoms with Crippen LogP contribution in [0, 0.1) is 0 Å². The number of hydrogen-bond donors (Lipinski definition) is 0. The predicted octanol–water partition coefficient (Wildman–Crippen LogP) is 4.85. The van der Waals surface area contributed by atoms with Crippen LogP contribution >= 0.6 is 0 Å². The number of nitrogens with zero attached hydrogens (tertiary/aromatic N) is 2. The van der Waals surface area contributed by atoms with Gasteiger partial charge in [0.2, 0.25) is 0 Å². The minimum absolute atomic E-state index is 0.473. The average molecular weight is 362 g/mol. The molecule has 26 heavy (non-hydrogen) atoms. The molecule has 3 rings (SSSR count). The van der Waals surface area contributed by atoms with Crippen LogP contribution in [0.25, 0.3) is 0 Å². The summed E-state index contributed by atoms with van der Waals surface area (Å²) in [4.78, 5) is 4.53. The van der Waals surface area contributed by atoms with Gasteiger partial charge in [0.1, 0.15) is 0 Å². The van der Waals surface area contributed by atoms with Gasteiger partial charge in [0.15, 0.2) is 0 Å². The maximum Gasteiger partial charge on any atom is 0.416 e. The second-order valence-electron chi connectivity index (χ2n) is 6.82. The fourth-order valence-electron chi connectivity index (χ4n) is 3.64. The lowest BCUT2D eigenvalue weighted by Crippen LogP contribution is -2.50. The standard InChI is InChI=1S/C21H25F3N2/c1-2-19(15-17-7-4-3-5-8-17)25-11-13-26(14-12-25)20-10-6-9-18(16-20)21(22,23)24/h3-10,16,19H,2,11-15H2,1H3. The second kappa shape index (κ2) is 8.12. The smallest absolute Gasteiger partial charge is 0.369 e. The van der Waals surface area contributed by atoms with Crippen molar-refractivity contribution in [2.24, 2.45) is 0 Å². The summed E-state index contributed by atoms with van der Waals surface area (Å²) >= 11 is 0. The minimum Gasteiger partial charge on any atom is -0.369 e. The zero-order valence-electron chi connectivity index (χ0n) is 15.0. The summed E-state index contributed by atoms with van der Waals surface area (Å²) < 4.78 is 38.8. The zero-order chi connectivity index (χ0) is 18.6. The van der Waals surface area contributed by atoms with E-state index in [2.05, 4.69) is 41.0 Å². The highest BCUT2D eigenvalue weighted by atomic mass is 19.4. The van der Waals surface area contributed by atoms with Crippen LogP contribution in [0.2, 0.25) is 0 Å². The summed E-state index contributed by atoms with van der Waals surface area (Å²) in [5, 5.41) is 0. The van der Waals surface area contributed by atoms with E-state index < -0.39 is 11.7 Å². The Balaban J connectivity index is 1.61. The van der Waals surface area contributed by atoms with E-state index in [1.807, 2.05) is 6.07 Å². The highest BCUT2D eigenvalue weighted by molar-refractivity contribution is 5.49. The van der Waals surface area contributed by atoms with Gasteiger partial charge in [-0.3, -0.25) is 4.90 Å². The molecule has 1 heterocycles. The Morgan fingerprint density at radius 3 is 2.23 bits per heavy atom. The second-order valence-corrected chi connectivity index (χ2v) is 6.82. The molecule has 140 valence electrons. The quantitative estimate of drug-likeness (QED) is 0.750. The summed E-state index contributed by atoms with van der Waals surface area (Å²) in [5.74, 6) is 0. The van der Waals surface area contributed by atoms with Crippen molar-refractivity contribution in [2.75, 3.05) is 31.1 Å². The van der Waals surface area contributed by atoms with Crippen molar-refractivity contribution in [2.45, 2.75) is 32.0 Å². The Hall–Kier alpha value is -2.01. The van der Waals surface area contributed by atoms with Crippen molar-refractivity contribution < 1.29 is 13.2 Å². The lowest BCUT2D eigenvalue weighted by molar-refractivity contribution is -0.137. The number of alkyl halides is 3. The third-order valence-electron chi connectivity index (χ3n) is 5.15. The molecule has 1 atom stereocenters. The van der Waals surface area contributed by atoms with Gasteiger partial charge in [0, 0.05) is 37.9 Å². The highest BCUT2D eigenvalue weighted by Crippen LogP contribution is 2.32. The average Bonchev–Trinajstić information content (AvgIpc) is 2.66. The van der Waals surface area contributed by atoms with Crippen molar-refractivity contribution in [3.05, 3.63) is 65.7 Å². The van der Waals surface area contributed by atoms with Gasteiger partial charge in [0.05, 0.1) is 5.56 Å². The van der Waals surface area contributed by atoms with E-state index in [-0.39, 0.29) is 0 Å². The molecular formula is C21H25F3N2. The van der Waals surface area contributed by atoms with E-state index in [1.165, 1.54) is 17.7 Å². The summed E-state index contributed by atoms with van der Waals surface area (Å²) in [6.07, 6.45) is -2.21. The zero-order valence-corrected chi connectivity index (χ0v) is 15.0. The first-order valence-electron chi connectivity index (χ1n) is 9.17. The van der Waals surface area contributed by atoms with E-state index in [0.717, 1.165) is 45.1 Å². The number of hydrogen-bond acceptors (Lipinski definition) is 2. The van der Waals surface area contributed by atoms with Crippen LogP contribution in [0.15, 0.2) is 54.6 Å². The summed E-state index contributed by atoms with van der Waals surface area (Å²) in [6.45, 7) is 5.47. The third kappa shape index (κ3) is 4.58. The molecule has 0 saturated carbocycles. The van der Waals surface area contributed by atoms with Gasteiger partial charge >= 0.3 is 6.18 Å². The number of rotatable bonds is 5. The Labute approximate surface area is 153 Å². The first-order valence-corrected chi connectivity index (χ1v) is 9.17. The number of halogens is 3. The largest absolute Gasteiger partial charge is 0.416 e. The van der Waals surface area contributed by atoms with Crippen molar-refractivity contribution in [1.82, 2.24) is 4.90 Å². The van der Waals surface area contributed by atoms with Crippen molar-refractivity contribution in [3.8, 4) is 0 Å². The molecular weight excluding hydrogens is 337 g/mol. The summed E-state index contributed by atoms with van der Waals surface area (Å²) in [6, 6.07) is 16.6. The van der Waals surface area contributed by atoms with Crippen LogP contribution in [-0.4, -0.2) is 37.1 Å². The van der Waals surface area contributed by atoms with E-state index in [0.29, 0.717) is 11.7 Å². The Morgan fingerprint density at radius 2 is 1.62 bits per heavy atom. The molecule has 1 aliphatic heterocycles. The number of piperazine rings is 1. The molecule has 0 amide bonds. The molecule has 5 heteroatoms. The van der Waals surface area contributed by atoms with Gasteiger partial charge in [-0.05, 0) is 36.6 Å².